The van der Waals surface area contributed by atoms with Crippen LogP contribution in [0.5, 0.6) is 0 Å². The van der Waals surface area contributed by atoms with E-state index in [9.17, 15) is 19.8 Å². The van der Waals surface area contributed by atoms with Crippen molar-refractivity contribution in [2.45, 2.75) is 6.42 Å². The Kier molecular flexibility index (Phi) is 5.26. The van der Waals surface area contributed by atoms with E-state index in [-0.39, 0.29) is 17.5 Å². The summed E-state index contributed by atoms with van der Waals surface area (Å²) in [4.78, 5) is 36.2. The average molecular weight is 438 g/mol. The van der Waals surface area contributed by atoms with E-state index in [1.807, 2.05) is 0 Å². The quantitative estimate of drug-likeness (QED) is 0.415. The normalized spacial score (nSPS) is 10.9. The van der Waals surface area contributed by atoms with Gasteiger partial charge in [-0.3, -0.25) is 0 Å². The lowest BCUT2D eigenvalue weighted by Gasteiger charge is -2.10. The molecule has 0 saturated carbocycles. The largest absolute Gasteiger partial charge is 0.478 e. The van der Waals surface area contributed by atoms with Gasteiger partial charge in [0.15, 0.2) is 17.0 Å². The highest BCUT2D eigenvalue weighted by Crippen LogP contribution is 2.24. The number of hydrogen-bond acceptors (Lipinski definition) is 6. The molecule has 2 aromatic carbocycles. The van der Waals surface area contributed by atoms with E-state index < -0.39 is 11.9 Å². The zero-order valence-corrected chi connectivity index (χ0v) is 17.0. The second-order valence-electron chi connectivity index (χ2n) is 6.85. The monoisotopic (exact) mass is 437 g/mol. The lowest BCUT2D eigenvalue weighted by molar-refractivity contribution is 0.0696. The number of halogens is 1. The van der Waals surface area contributed by atoms with Crippen molar-refractivity contribution in [2.24, 2.45) is 7.05 Å². The molecule has 4 rings (SSSR count). The molecule has 2 aromatic heterocycles. The Morgan fingerprint density at radius 3 is 2.29 bits per heavy atom. The number of carboxylic acid groups (broad SMARTS) is 2. The molecule has 4 aromatic rings. The molecular weight excluding hydrogens is 422 g/mol. The van der Waals surface area contributed by atoms with Gasteiger partial charge in [-0.05, 0) is 48.0 Å². The van der Waals surface area contributed by atoms with Crippen LogP contribution in [0.1, 0.15) is 32.1 Å². The van der Waals surface area contributed by atoms with Gasteiger partial charge in [-0.25, -0.2) is 24.5 Å². The topological polar surface area (TPSA) is 130 Å². The van der Waals surface area contributed by atoms with Crippen LogP contribution < -0.4 is 5.32 Å². The predicted molar refractivity (Wildman–Crippen MR) is 114 cm³/mol. The van der Waals surface area contributed by atoms with Crippen molar-refractivity contribution in [3.05, 3.63) is 76.3 Å². The molecule has 10 heteroatoms. The zero-order valence-electron chi connectivity index (χ0n) is 16.2. The Balaban J connectivity index is 1.76. The van der Waals surface area contributed by atoms with Crippen LogP contribution in [-0.4, -0.2) is 41.7 Å². The highest BCUT2D eigenvalue weighted by Gasteiger charge is 2.16. The fourth-order valence-electron chi connectivity index (χ4n) is 3.11. The zero-order chi connectivity index (χ0) is 22.1. The summed E-state index contributed by atoms with van der Waals surface area (Å²) < 4.78 is 1.74. The van der Waals surface area contributed by atoms with Gasteiger partial charge in [0.05, 0.1) is 17.5 Å². The van der Waals surface area contributed by atoms with Crippen LogP contribution >= 0.6 is 11.6 Å². The minimum Gasteiger partial charge on any atom is -0.478 e. The number of nitrogens with one attached hydrogen (secondary N) is 1. The number of aromatic nitrogens is 4. The van der Waals surface area contributed by atoms with Gasteiger partial charge in [0.1, 0.15) is 5.82 Å². The number of rotatable bonds is 6. The number of hydrogen-bond donors (Lipinski definition) is 3. The molecule has 31 heavy (non-hydrogen) atoms. The van der Waals surface area contributed by atoms with Crippen LogP contribution in [0.25, 0.3) is 11.2 Å². The van der Waals surface area contributed by atoms with E-state index in [1.165, 1.54) is 12.1 Å². The summed E-state index contributed by atoms with van der Waals surface area (Å²) in [5.74, 6) is -1.57. The lowest BCUT2D eigenvalue weighted by Crippen LogP contribution is -2.07. The summed E-state index contributed by atoms with van der Waals surface area (Å²) in [6, 6.07) is 11.0. The van der Waals surface area contributed by atoms with E-state index in [1.54, 1.807) is 42.2 Å². The molecule has 0 atom stereocenters. The first-order valence-corrected chi connectivity index (χ1v) is 9.49. The van der Waals surface area contributed by atoms with Gasteiger partial charge in [0.2, 0.25) is 0 Å². The summed E-state index contributed by atoms with van der Waals surface area (Å²) >= 11 is 5.95. The van der Waals surface area contributed by atoms with E-state index in [2.05, 4.69) is 20.3 Å². The molecule has 0 radical (unpaired) electrons. The third-order valence-corrected chi connectivity index (χ3v) is 4.81. The Morgan fingerprint density at radius 2 is 1.68 bits per heavy atom. The standard InChI is InChI=1S/C21H16ClN5O4/c1-27-10-23-17-18(24-15-4-2-14(22)3-5-15)25-16(26-19(17)27)8-11-6-12(20(28)29)9-13(7-11)21(30)31/h2-7,9-10H,8H2,1H3,(H,28,29)(H,30,31)(H,24,25,26). The predicted octanol–water partition coefficient (Wildman–Crippen LogP) is 3.75. The number of aromatic carboxylic acids is 2. The van der Waals surface area contributed by atoms with Crippen LogP contribution in [0.4, 0.5) is 11.5 Å². The Bertz CT molecular complexity index is 1290. The molecule has 3 N–H and O–H groups in total. The maximum atomic E-state index is 11.4. The second kappa shape index (κ2) is 8.04. The second-order valence-corrected chi connectivity index (χ2v) is 7.29. The van der Waals surface area contributed by atoms with Crippen molar-refractivity contribution < 1.29 is 19.8 Å². The minimum absolute atomic E-state index is 0.115. The molecule has 0 aliphatic heterocycles. The highest BCUT2D eigenvalue weighted by atomic mass is 35.5. The first-order chi connectivity index (χ1) is 14.8. The molecule has 0 aliphatic carbocycles. The molecule has 0 saturated heterocycles. The molecule has 0 unspecified atom stereocenters. The summed E-state index contributed by atoms with van der Waals surface area (Å²) in [6.07, 6.45) is 1.75. The number of carboxylic acids is 2. The minimum atomic E-state index is -1.21. The maximum absolute atomic E-state index is 11.4. The fourth-order valence-corrected chi connectivity index (χ4v) is 3.24. The van der Waals surface area contributed by atoms with Crippen LogP contribution in [-0.2, 0) is 13.5 Å². The number of nitrogens with zero attached hydrogens (tertiary/aromatic N) is 4. The summed E-state index contributed by atoms with van der Waals surface area (Å²) in [7, 11) is 1.80. The SMILES string of the molecule is Cn1cnc2c(Nc3ccc(Cl)cc3)nc(Cc3cc(C(=O)O)cc(C(=O)O)c3)nc21. The van der Waals surface area contributed by atoms with Gasteiger partial charge >= 0.3 is 11.9 Å². The third kappa shape index (κ3) is 4.31. The Hall–Kier alpha value is -3.98. The number of carbonyl (C=O) groups is 2. The van der Waals surface area contributed by atoms with E-state index >= 15 is 0 Å². The number of anilines is 2. The molecule has 0 amide bonds. The van der Waals surface area contributed by atoms with Gasteiger partial charge < -0.3 is 20.1 Å². The lowest BCUT2D eigenvalue weighted by atomic mass is 10.0. The third-order valence-electron chi connectivity index (χ3n) is 4.56. The number of imidazole rings is 1. The van der Waals surface area contributed by atoms with Crippen molar-refractivity contribution in [1.82, 2.24) is 19.5 Å². The molecular formula is C21H16ClN5O4. The van der Waals surface area contributed by atoms with Crippen molar-refractivity contribution in [1.29, 1.82) is 0 Å². The van der Waals surface area contributed by atoms with Crippen molar-refractivity contribution in [3.63, 3.8) is 0 Å². The van der Waals surface area contributed by atoms with Crippen molar-refractivity contribution in [2.75, 3.05) is 5.32 Å². The first-order valence-electron chi connectivity index (χ1n) is 9.11. The number of benzene rings is 2. The molecule has 0 fully saturated rings. The smallest absolute Gasteiger partial charge is 0.335 e. The van der Waals surface area contributed by atoms with Gasteiger partial charge in [-0.15, -0.1) is 0 Å². The van der Waals surface area contributed by atoms with Crippen LogP contribution in [0.2, 0.25) is 5.02 Å². The summed E-state index contributed by atoms with van der Waals surface area (Å²) in [6.45, 7) is 0. The van der Waals surface area contributed by atoms with Crippen molar-refractivity contribution >= 4 is 46.2 Å². The Morgan fingerprint density at radius 1 is 1.03 bits per heavy atom. The van der Waals surface area contributed by atoms with E-state index in [0.717, 1.165) is 11.8 Å². The molecule has 156 valence electrons. The van der Waals surface area contributed by atoms with Gasteiger partial charge in [0, 0.05) is 24.2 Å². The molecule has 2 heterocycles. The van der Waals surface area contributed by atoms with Crippen molar-refractivity contribution in [3.8, 4) is 0 Å². The molecule has 9 nitrogen and oxygen atoms in total. The highest BCUT2D eigenvalue weighted by molar-refractivity contribution is 6.30. The van der Waals surface area contributed by atoms with Gasteiger partial charge in [-0.2, -0.15) is 0 Å². The first kappa shape index (κ1) is 20.3. The van der Waals surface area contributed by atoms with Gasteiger partial charge in [-0.1, -0.05) is 11.6 Å². The van der Waals surface area contributed by atoms with Crippen LogP contribution in [0.15, 0.2) is 48.8 Å². The maximum Gasteiger partial charge on any atom is 0.335 e. The Labute approximate surface area is 181 Å². The van der Waals surface area contributed by atoms with Gasteiger partial charge in [0.25, 0.3) is 0 Å². The summed E-state index contributed by atoms with van der Waals surface area (Å²) in [5, 5.41) is 22.4. The molecule has 0 bridgehead atoms. The van der Waals surface area contributed by atoms with Crippen LogP contribution in [0.3, 0.4) is 0 Å². The average Bonchev–Trinajstić information content (AvgIpc) is 3.10. The fraction of sp³-hybridized carbons (Fsp3) is 0.0952. The van der Waals surface area contributed by atoms with E-state index in [4.69, 9.17) is 11.6 Å². The summed E-state index contributed by atoms with van der Waals surface area (Å²) in [5.41, 5.74) is 2.13. The molecule has 0 aliphatic rings. The van der Waals surface area contributed by atoms with E-state index in [0.29, 0.717) is 33.4 Å². The number of aryl methyl sites for hydroxylation is 1. The van der Waals surface area contributed by atoms with Crippen LogP contribution in [0, 0.1) is 0 Å². The molecule has 0 spiro atoms. The number of fused-ring (bicyclic) bond motifs is 1.